The Morgan fingerprint density at radius 3 is 2.89 bits per heavy atom. The van der Waals surface area contributed by atoms with E-state index >= 15 is 0 Å². The Balaban J connectivity index is 1.70. The van der Waals surface area contributed by atoms with Gasteiger partial charge in [-0.05, 0) is 53.6 Å². The molecule has 2 heterocycles. The van der Waals surface area contributed by atoms with Gasteiger partial charge in [-0.2, -0.15) is 0 Å². The molecule has 1 aromatic heterocycles. The number of fused-ring (bicyclic) bond motifs is 1. The number of halogens is 1. The number of Topliss-reactive ketones (excluding diaryl/α,β-unsaturated/α-hetero) is 1. The normalized spacial score (nSPS) is 31.9. The van der Waals surface area contributed by atoms with E-state index in [1.807, 2.05) is 0 Å². The van der Waals surface area contributed by atoms with Gasteiger partial charge in [0.25, 0.3) is 0 Å². The number of ketones is 1. The molecule has 4 heteroatoms. The van der Waals surface area contributed by atoms with E-state index in [-0.39, 0.29) is 11.8 Å². The van der Waals surface area contributed by atoms with Crippen LogP contribution in [0.2, 0.25) is 0 Å². The van der Waals surface area contributed by atoms with Crippen molar-refractivity contribution in [1.29, 1.82) is 0 Å². The number of nitrogens with one attached hydrogen (secondary N) is 1. The first kappa shape index (κ1) is 12.4. The van der Waals surface area contributed by atoms with Crippen LogP contribution >= 0.6 is 15.9 Å². The van der Waals surface area contributed by atoms with Crippen molar-refractivity contribution in [2.75, 3.05) is 0 Å². The third-order valence-electron chi connectivity index (χ3n) is 4.31. The van der Waals surface area contributed by atoms with Gasteiger partial charge in [-0.25, -0.2) is 0 Å². The summed E-state index contributed by atoms with van der Waals surface area (Å²) >= 11 is 3.36. The molecule has 1 saturated carbocycles. The summed E-state index contributed by atoms with van der Waals surface area (Å²) in [5.41, 5.74) is 0. The van der Waals surface area contributed by atoms with Crippen LogP contribution in [0.1, 0.15) is 49.1 Å². The second-order valence-electron chi connectivity index (χ2n) is 5.41. The Bertz CT molecular complexity index is 443. The average Bonchev–Trinajstić information content (AvgIpc) is 2.83. The van der Waals surface area contributed by atoms with Gasteiger partial charge in [0.1, 0.15) is 0 Å². The van der Waals surface area contributed by atoms with E-state index in [1.54, 1.807) is 12.3 Å². The second kappa shape index (κ2) is 5.17. The van der Waals surface area contributed by atoms with Gasteiger partial charge in [-0.3, -0.25) is 4.79 Å². The van der Waals surface area contributed by atoms with Crippen molar-refractivity contribution in [1.82, 2.24) is 5.32 Å². The molecule has 1 aliphatic heterocycles. The lowest BCUT2D eigenvalue weighted by atomic mass is 9.77. The summed E-state index contributed by atoms with van der Waals surface area (Å²) in [5, 5.41) is 3.54. The topological polar surface area (TPSA) is 42.2 Å². The average molecular weight is 312 g/mol. The Morgan fingerprint density at radius 2 is 2.11 bits per heavy atom. The second-order valence-corrected chi connectivity index (χ2v) is 6.26. The van der Waals surface area contributed by atoms with Gasteiger partial charge in [-0.15, -0.1) is 0 Å². The van der Waals surface area contributed by atoms with Crippen molar-refractivity contribution < 1.29 is 9.21 Å². The molecule has 3 rings (SSSR count). The smallest absolute Gasteiger partial charge is 0.215 e. The number of carbonyl (C=O) groups is 1. The molecule has 0 radical (unpaired) electrons. The zero-order valence-corrected chi connectivity index (χ0v) is 11.9. The van der Waals surface area contributed by atoms with E-state index in [2.05, 4.69) is 21.2 Å². The number of furan rings is 1. The van der Waals surface area contributed by atoms with Gasteiger partial charge in [0.05, 0.1) is 16.8 Å². The number of rotatable bonds is 2. The fourth-order valence-electron chi connectivity index (χ4n) is 3.33. The van der Waals surface area contributed by atoms with Gasteiger partial charge >= 0.3 is 0 Å². The predicted molar refractivity (Wildman–Crippen MR) is 72.6 cm³/mol. The largest absolute Gasteiger partial charge is 0.460 e. The molecule has 1 N–H and O–H groups in total. The zero-order valence-electron chi connectivity index (χ0n) is 10.3. The van der Waals surface area contributed by atoms with Crippen LogP contribution < -0.4 is 5.32 Å². The van der Waals surface area contributed by atoms with Gasteiger partial charge < -0.3 is 9.73 Å². The highest BCUT2D eigenvalue weighted by Gasteiger charge is 2.35. The summed E-state index contributed by atoms with van der Waals surface area (Å²) in [7, 11) is 0. The van der Waals surface area contributed by atoms with E-state index in [4.69, 9.17) is 4.42 Å². The van der Waals surface area contributed by atoms with E-state index in [0.29, 0.717) is 11.8 Å². The van der Waals surface area contributed by atoms with Crippen molar-refractivity contribution in [3.63, 3.8) is 0 Å². The van der Waals surface area contributed by atoms with Gasteiger partial charge in [-0.1, -0.05) is 12.8 Å². The molecule has 3 atom stereocenters. The maximum absolute atomic E-state index is 12.4. The van der Waals surface area contributed by atoms with E-state index in [0.717, 1.165) is 16.8 Å². The van der Waals surface area contributed by atoms with Gasteiger partial charge in [0, 0.05) is 6.04 Å². The molecule has 2 aliphatic rings. The van der Waals surface area contributed by atoms with E-state index in [9.17, 15) is 4.79 Å². The summed E-state index contributed by atoms with van der Waals surface area (Å²) in [5.74, 6) is 1.33. The van der Waals surface area contributed by atoms with Crippen LogP contribution in [0.15, 0.2) is 21.2 Å². The quantitative estimate of drug-likeness (QED) is 0.849. The van der Waals surface area contributed by atoms with Crippen molar-refractivity contribution in [3.8, 4) is 0 Å². The highest BCUT2D eigenvalue weighted by Crippen LogP contribution is 2.33. The van der Waals surface area contributed by atoms with E-state index in [1.165, 1.54) is 32.1 Å². The first-order valence-corrected chi connectivity index (χ1v) is 7.58. The lowest BCUT2D eigenvalue weighted by Crippen LogP contribution is -2.52. The maximum atomic E-state index is 12.4. The minimum Gasteiger partial charge on any atom is -0.460 e. The molecule has 3 unspecified atom stereocenters. The first-order chi connectivity index (χ1) is 8.75. The van der Waals surface area contributed by atoms with Crippen LogP contribution in [0, 0.1) is 5.92 Å². The Kier molecular flexibility index (Phi) is 3.57. The number of piperidine rings is 1. The number of hydrogen-bond acceptors (Lipinski definition) is 3. The van der Waals surface area contributed by atoms with Gasteiger partial charge in [0.2, 0.25) is 5.78 Å². The Labute approximate surface area is 115 Å². The fraction of sp³-hybridized carbons (Fsp3) is 0.643. The molecule has 98 valence electrons. The molecule has 1 saturated heterocycles. The van der Waals surface area contributed by atoms with Crippen molar-refractivity contribution in [2.24, 2.45) is 5.92 Å². The summed E-state index contributed by atoms with van der Waals surface area (Å²) in [4.78, 5) is 12.4. The summed E-state index contributed by atoms with van der Waals surface area (Å²) in [6.07, 6.45) is 8.85. The number of carbonyl (C=O) groups excluding carboxylic acids is 1. The molecule has 0 amide bonds. The minimum atomic E-state index is -0.0631. The first-order valence-electron chi connectivity index (χ1n) is 6.79. The maximum Gasteiger partial charge on any atom is 0.215 e. The predicted octanol–water partition coefficient (Wildman–Crippen LogP) is 3.54. The van der Waals surface area contributed by atoms with Crippen LogP contribution in [0.3, 0.4) is 0 Å². The Hall–Kier alpha value is -0.610. The summed E-state index contributed by atoms with van der Waals surface area (Å²) < 4.78 is 6.04. The molecular weight excluding hydrogens is 294 g/mol. The van der Waals surface area contributed by atoms with Crippen molar-refractivity contribution in [2.45, 2.75) is 50.6 Å². The zero-order chi connectivity index (χ0) is 12.5. The lowest BCUT2D eigenvalue weighted by molar-refractivity contribution is 0.0833. The molecule has 3 nitrogen and oxygen atoms in total. The molecule has 2 fully saturated rings. The van der Waals surface area contributed by atoms with E-state index < -0.39 is 0 Å². The highest BCUT2D eigenvalue weighted by atomic mass is 79.9. The Morgan fingerprint density at radius 1 is 1.28 bits per heavy atom. The highest BCUT2D eigenvalue weighted by molar-refractivity contribution is 9.10. The molecule has 18 heavy (non-hydrogen) atoms. The SMILES string of the molecule is O=C(c1occc1Br)C1CCC2CCCCC2N1. The third-order valence-corrected chi connectivity index (χ3v) is 4.93. The summed E-state index contributed by atoms with van der Waals surface area (Å²) in [6.45, 7) is 0. The third kappa shape index (κ3) is 2.28. The molecule has 1 aliphatic carbocycles. The van der Waals surface area contributed by atoms with Crippen LogP contribution in [-0.2, 0) is 0 Å². The van der Waals surface area contributed by atoms with Crippen LogP contribution in [0.5, 0.6) is 0 Å². The van der Waals surface area contributed by atoms with Crippen LogP contribution in [0.4, 0.5) is 0 Å². The standard InChI is InChI=1S/C14H18BrNO2/c15-10-7-8-18-14(10)13(17)12-6-5-9-3-1-2-4-11(9)16-12/h7-9,11-12,16H,1-6H2. The summed E-state index contributed by atoms with van der Waals surface area (Å²) in [6, 6.07) is 2.25. The molecular formula is C14H18BrNO2. The van der Waals surface area contributed by atoms with Gasteiger partial charge in [0.15, 0.2) is 5.76 Å². The molecule has 0 spiro atoms. The van der Waals surface area contributed by atoms with Crippen molar-refractivity contribution in [3.05, 3.63) is 22.6 Å². The van der Waals surface area contributed by atoms with Crippen LogP contribution in [-0.4, -0.2) is 17.9 Å². The van der Waals surface area contributed by atoms with Crippen LogP contribution in [0.25, 0.3) is 0 Å². The minimum absolute atomic E-state index is 0.0631. The fourth-order valence-corrected chi connectivity index (χ4v) is 3.73. The molecule has 1 aromatic rings. The van der Waals surface area contributed by atoms with Crippen molar-refractivity contribution >= 4 is 21.7 Å². The lowest BCUT2D eigenvalue weighted by Gasteiger charge is -2.39. The number of hydrogen-bond donors (Lipinski definition) is 1. The monoisotopic (exact) mass is 311 g/mol. The molecule has 0 bridgehead atoms. The molecule has 0 aromatic carbocycles.